The molecule has 0 atom stereocenters. The molecule has 1 aliphatic carbocycles. The Balaban J connectivity index is 1.35. The summed E-state index contributed by atoms with van der Waals surface area (Å²) in [7, 11) is 0. The molecule has 0 radical (unpaired) electrons. The smallest absolute Gasteiger partial charge is 0.121 e. The Morgan fingerprint density at radius 2 is 1.82 bits per heavy atom. The highest BCUT2D eigenvalue weighted by Gasteiger charge is 2.49. The first-order valence-electron chi connectivity index (χ1n) is 7.00. The van der Waals surface area contributed by atoms with Crippen LogP contribution in [0.4, 0.5) is 0 Å². The van der Waals surface area contributed by atoms with Crippen LogP contribution in [-0.2, 0) is 9.47 Å². The van der Waals surface area contributed by atoms with Gasteiger partial charge in [-0.2, -0.15) is 0 Å². The summed E-state index contributed by atoms with van der Waals surface area (Å²) in [6.07, 6.45) is 5.14. The normalized spacial score (nSPS) is 36.0. The lowest BCUT2D eigenvalue weighted by atomic mass is 9.83. The Hall–Kier alpha value is -0.160. The number of rotatable bonds is 1. The summed E-state index contributed by atoms with van der Waals surface area (Å²) in [4.78, 5) is 2.65. The molecule has 0 aromatic carbocycles. The predicted octanol–water partition coefficient (Wildman–Crippen LogP) is 0.577. The highest BCUT2D eigenvalue weighted by molar-refractivity contribution is 4.99. The number of nitrogens with zero attached hydrogens (tertiary/aromatic N) is 1. The van der Waals surface area contributed by atoms with Crippen LogP contribution in [0.2, 0.25) is 0 Å². The fraction of sp³-hybridized carbons (Fsp3) is 1.00. The van der Waals surface area contributed by atoms with Crippen LogP contribution in [0.25, 0.3) is 0 Å². The van der Waals surface area contributed by atoms with E-state index in [4.69, 9.17) is 9.47 Å². The topological polar surface area (TPSA) is 33.7 Å². The Morgan fingerprint density at radius 1 is 1.06 bits per heavy atom. The zero-order chi connectivity index (χ0) is 11.3. The van der Waals surface area contributed by atoms with Crippen molar-refractivity contribution in [3.05, 3.63) is 0 Å². The summed E-state index contributed by atoms with van der Waals surface area (Å²) >= 11 is 0. The summed E-state index contributed by atoms with van der Waals surface area (Å²) in [5.74, 6) is 0. The third kappa shape index (κ3) is 1.82. The van der Waals surface area contributed by atoms with Gasteiger partial charge in [0.2, 0.25) is 0 Å². The minimum Gasteiger partial charge on any atom is -0.380 e. The van der Waals surface area contributed by atoms with Crippen molar-refractivity contribution in [3.8, 4) is 0 Å². The van der Waals surface area contributed by atoms with E-state index in [9.17, 15) is 0 Å². The summed E-state index contributed by atoms with van der Waals surface area (Å²) in [6, 6.07) is 0.905. The van der Waals surface area contributed by atoms with E-state index in [0.717, 1.165) is 45.2 Å². The second-order valence-corrected chi connectivity index (χ2v) is 6.40. The highest BCUT2D eigenvalue weighted by atomic mass is 16.5. The second-order valence-electron chi connectivity index (χ2n) is 6.40. The SMILES string of the molecule is C1CC1N1CCC2(CC1)NCC1(COC1)CO2. The van der Waals surface area contributed by atoms with Gasteiger partial charge in [-0.05, 0) is 12.8 Å². The molecule has 4 heteroatoms. The molecule has 0 unspecified atom stereocenters. The Morgan fingerprint density at radius 3 is 2.29 bits per heavy atom. The summed E-state index contributed by atoms with van der Waals surface area (Å²) < 4.78 is 11.5. The van der Waals surface area contributed by atoms with E-state index in [2.05, 4.69) is 10.2 Å². The Labute approximate surface area is 103 Å². The monoisotopic (exact) mass is 238 g/mol. The van der Waals surface area contributed by atoms with Gasteiger partial charge >= 0.3 is 0 Å². The molecule has 4 aliphatic rings. The molecule has 1 saturated carbocycles. The number of piperidine rings is 1. The van der Waals surface area contributed by atoms with Crippen molar-refractivity contribution in [1.29, 1.82) is 0 Å². The van der Waals surface area contributed by atoms with E-state index in [1.54, 1.807) is 0 Å². The third-order valence-corrected chi connectivity index (χ3v) is 4.93. The van der Waals surface area contributed by atoms with Crippen LogP contribution in [0.5, 0.6) is 0 Å². The van der Waals surface area contributed by atoms with Gasteiger partial charge < -0.3 is 14.4 Å². The quantitative estimate of drug-likeness (QED) is 0.724. The molecule has 0 aromatic heterocycles. The van der Waals surface area contributed by atoms with E-state index in [0.29, 0.717) is 5.41 Å². The van der Waals surface area contributed by atoms with E-state index >= 15 is 0 Å². The fourth-order valence-electron chi connectivity index (χ4n) is 3.33. The summed E-state index contributed by atoms with van der Waals surface area (Å²) in [6.45, 7) is 6.15. The Kier molecular flexibility index (Phi) is 2.32. The van der Waals surface area contributed by atoms with E-state index < -0.39 is 0 Å². The number of hydrogen-bond donors (Lipinski definition) is 1. The largest absolute Gasteiger partial charge is 0.380 e. The predicted molar refractivity (Wildman–Crippen MR) is 63.8 cm³/mol. The first-order valence-corrected chi connectivity index (χ1v) is 7.00. The Bertz CT molecular complexity index is 293. The zero-order valence-corrected chi connectivity index (χ0v) is 10.4. The summed E-state index contributed by atoms with van der Waals surface area (Å²) in [5, 5.41) is 3.68. The molecule has 96 valence electrons. The van der Waals surface area contributed by atoms with Gasteiger partial charge in [-0.3, -0.25) is 5.32 Å². The minimum atomic E-state index is -0.00771. The van der Waals surface area contributed by atoms with Crippen molar-refractivity contribution in [2.75, 3.05) is 39.5 Å². The molecule has 3 heterocycles. The molecule has 0 aromatic rings. The highest BCUT2D eigenvalue weighted by Crippen LogP contribution is 2.38. The van der Waals surface area contributed by atoms with Crippen LogP contribution in [-0.4, -0.2) is 56.1 Å². The van der Waals surface area contributed by atoms with Crippen LogP contribution in [0.3, 0.4) is 0 Å². The van der Waals surface area contributed by atoms with Gasteiger partial charge in [-0.25, -0.2) is 0 Å². The van der Waals surface area contributed by atoms with Gasteiger partial charge in [0.15, 0.2) is 0 Å². The maximum Gasteiger partial charge on any atom is 0.121 e. The van der Waals surface area contributed by atoms with Crippen LogP contribution >= 0.6 is 0 Å². The van der Waals surface area contributed by atoms with Crippen molar-refractivity contribution in [3.63, 3.8) is 0 Å². The molecule has 4 fully saturated rings. The third-order valence-electron chi connectivity index (χ3n) is 4.93. The summed E-state index contributed by atoms with van der Waals surface area (Å²) in [5.41, 5.74) is 0.297. The van der Waals surface area contributed by atoms with Gasteiger partial charge in [0.1, 0.15) is 5.72 Å². The van der Waals surface area contributed by atoms with Crippen LogP contribution < -0.4 is 5.32 Å². The lowest BCUT2D eigenvalue weighted by Gasteiger charge is -2.53. The average molecular weight is 238 g/mol. The number of ether oxygens (including phenoxy) is 2. The van der Waals surface area contributed by atoms with Gasteiger partial charge in [0.25, 0.3) is 0 Å². The zero-order valence-electron chi connectivity index (χ0n) is 10.4. The maximum absolute atomic E-state index is 6.19. The lowest BCUT2D eigenvalue weighted by Crippen LogP contribution is -2.67. The molecule has 0 bridgehead atoms. The molecule has 1 N–H and O–H groups in total. The number of likely N-dealkylation sites (tertiary alicyclic amines) is 1. The molecular weight excluding hydrogens is 216 g/mol. The number of nitrogens with one attached hydrogen (secondary N) is 1. The molecule has 17 heavy (non-hydrogen) atoms. The standard InChI is InChI=1S/C13H22N2O2/c1-2-11(1)15-5-3-13(4-6-15)14-7-12(10-17-13)8-16-9-12/h11,14H,1-10H2. The molecule has 2 spiro atoms. The molecule has 4 nitrogen and oxygen atoms in total. The lowest BCUT2D eigenvalue weighted by molar-refractivity contribution is -0.231. The van der Waals surface area contributed by atoms with Crippen molar-refractivity contribution in [1.82, 2.24) is 10.2 Å². The number of hydrogen-bond acceptors (Lipinski definition) is 4. The van der Waals surface area contributed by atoms with Gasteiger partial charge in [0.05, 0.1) is 25.2 Å². The van der Waals surface area contributed by atoms with Crippen molar-refractivity contribution in [2.24, 2.45) is 5.41 Å². The first kappa shape index (κ1) is 10.7. The molecule has 3 aliphatic heterocycles. The van der Waals surface area contributed by atoms with Gasteiger partial charge in [-0.1, -0.05) is 0 Å². The van der Waals surface area contributed by atoms with Gasteiger partial charge in [-0.15, -0.1) is 0 Å². The van der Waals surface area contributed by atoms with Gasteiger partial charge in [0, 0.05) is 38.5 Å². The minimum absolute atomic E-state index is 0.00771. The second kappa shape index (κ2) is 3.67. The molecule has 4 rings (SSSR count). The van der Waals surface area contributed by atoms with Crippen LogP contribution in [0.1, 0.15) is 25.7 Å². The molecule has 3 saturated heterocycles. The molecule has 0 amide bonds. The first-order chi connectivity index (χ1) is 8.29. The van der Waals surface area contributed by atoms with Crippen molar-refractivity contribution < 1.29 is 9.47 Å². The molecular formula is C13H22N2O2. The fourth-order valence-corrected chi connectivity index (χ4v) is 3.33. The van der Waals surface area contributed by atoms with E-state index in [1.807, 2.05) is 0 Å². The van der Waals surface area contributed by atoms with Crippen LogP contribution in [0, 0.1) is 5.41 Å². The van der Waals surface area contributed by atoms with Crippen molar-refractivity contribution in [2.45, 2.75) is 37.5 Å². The maximum atomic E-state index is 6.19. The van der Waals surface area contributed by atoms with E-state index in [1.165, 1.54) is 25.9 Å². The van der Waals surface area contributed by atoms with Crippen LogP contribution in [0.15, 0.2) is 0 Å². The van der Waals surface area contributed by atoms with Crippen molar-refractivity contribution >= 4 is 0 Å². The van der Waals surface area contributed by atoms with E-state index in [-0.39, 0.29) is 5.72 Å². The average Bonchev–Trinajstić information content (AvgIpc) is 3.13.